The van der Waals surface area contributed by atoms with E-state index in [-0.39, 0.29) is 17.5 Å². The molecule has 1 atom stereocenters. The Hall–Kier alpha value is -2.82. The van der Waals surface area contributed by atoms with E-state index >= 15 is 0 Å². The van der Waals surface area contributed by atoms with Crippen molar-refractivity contribution < 1.29 is 18.7 Å². The van der Waals surface area contributed by atoms with E-state index in [1.807, 2.05) is 18.2 Å². The molecule has 2 aliphatic rings. The zero-order valence-corrected chi connectivity index (χ0v) is 14.8. The number of hydrogen-bond acceptors (Lipinski definition) is 4. The molecular formula is C21H20FNO3. The predicted molar refractivity (Wildman–Crippen MR) is 97.3 cm³/mol. The molecule has 2 aromatic rings. The van der Waals surface area contributed by atoms with E-state index in [0.717, 1.165) is 34.5 Å². The lowest BCUT2D eigenvalue weighted by atomic mass is 9.78. The first-order valence-electron chi connectivity index (χ1n) is 8.61. The molecule has 5 heteroatoms. The molecule has 1 unspecified atom stereocenters. The van der Waals surface area contributed by atoms with Gasteiger partial charge in [0.25, 0.3) is 0 Å². The van der Waals surface area contributed by atoms with E-state index < -0.39 is 0 Å². The summed E-state index contributed by atoms with van der Waals surface area (Å²) >= 11 is 0. The van der Waals surface area contributed by atoms with Gasteiger partial charge in [0.15, 0.2) is 17.3 Å². The van der Waals surface area contributed by atoms with Crippen LogP contribution in [-0.2, 0) is 11.2 Å². The molecule has 4 rings (SSSR count). The van der Waals surface area contributed by atoms with Gasteiger partial charge in [0.1, 0.15) is 5.82 Å². The zero-order chi connectivity index (χ0) is 18.3. The first-order chi connectivity index (χ1) is 12.6. The quantitative estimate of drug-likeness (QED) is 0.898. The number of nitrogens with one attached hydrogen (secondary N) is 1. The van der Waals surface area contributed by atoms with Gasteiger partial charge in [0.05, 0.1) is 14.2 Å². The fourth-order valence-electron chi connectivity index (χ4n) is 3.81. The molecule has 0 saturated carbocycles. The van der Waals surface area contributed by atoms with Crippen molar-refractivity contribution in [3.8, 4) is 11.5 Å². The monoisotopic (exact) mass is 353 g/mol. The number of rotatable bonds is 3. The number of ether oxygens (including phenoxy) is 2. The van der Waals surface area contributed by atoms with Crippen LogP contribution in [0.3, 0.4) is 0 Å². The van der Waals surface area contributed by atoms with Crippen LogP contribution in [0.5, 0.6) is 11.5 Å². The summed E-state index contributed by atoms with van der Waals surface area (Å²) in [5.41, 5.74) is 4.49. The molecule has 1 heterocycles. The molecule has 0 amide bonds. The summed E-state index contributed by atoms with van der Waals surface area (Å²) in [6.07, 6.45) is 1.68. The Morgan fingerprint density at radius 1 is 1.04 bits per heavy atom. The molecule has 1 N–H and O–H groups in total. The fourth-order valence-corrected chi connectivity index (χ4v) is 3.81. The van der Waals surface area contributed by atoms with Crippen molar-refractivity contribution in [3.05, 3.63) is 64.6 Å². The van der Waals surface area contributed by atoms with Crippen LogP contribution in [0.1, 0.15) is 29.9 Å². The maximum Gasteiger partial charge on any atom is 0.161 e. The number of hydrogen-bond donors (Lipinski definition) is 1. The van der Waals surface area contributed by atoms with Crippen LogP contribution in [0.4, 0.5) is 10.1 Å². The van der Waals surface area contributed by atoms with Crippen molar-refractivity contribution in [2.45, 2.75) is 25.2 Å². The third kappa shape index (κ3) is 2.83. The average Bonchev–Trinajstić information content (AvgIpc) is 2.66. The summed E-state index contributed by atoms with van der Waals surface area (Å²) in [5, 5.41) is 3.34. The van der Waals surface area contributed by atoms with Crippen molar-refractivity contribution in [2.75, 3.05) is 19.5 Å². The second-order valence-corrected chi connectivity index (χ2v) is 6.70. The normalized spacial score (nSPS) is 18.7. The van der Waals surface area contributed by atoms with Gasteiger partial charge in [0, 0.05) is 29.8 Å². The van der Waals surface area contributed by atoms with Gasteiger partial charge in [-0.15, -0.1) is 0 Å². The second kappa shape index (κ2) is 6.48. The van der Waals surface area contributed by atoms with Crippen LogP contribution >= 0.6 is 0 Å². The van der Waals surface area contributed by atoms with Crippen molar-refractivity contribution in [2.24, 2.45) is 0 Å². The number of ketones is 1. The van der Waals surface area contributed by atoms with Gasteiger partial charge in [-0.2, -0.15) is 0 Å². The van der Waals surface area contributed by atoms with E-state index in [0.29, 0.717) is 24.3 Å². The lowest BCUT2D eigenvalue weighted by Gasteiger charge is -2.31. The second-order valence-electron chi connectivity index (χ2n) is 6.70. The van der Waals surface area contributed by atoms with Gasteiger partial charge >= 0.3 is 0 Å². The van der Waals surface area contributed by atoms with Gasteiger partial charge in [-0.3, -0.25) is 4.79 Å². The SMILES string of the molecule is COc1ccc(C2CC(=O)C3=C(C2)Nc2ccc(F)cc2C3)cc1OC. The van der Waals surface area contributed by atoms with Crippen LogP contribution in [0.2, 0.25) is 0 Å². The summed E-state index contributed by atoms with van der Waals surface area (Å²) in [6.45, 7) is 0. The Morgan fingerprint density at radius 2 is 1.85 bits per heavy atom. The van der Waals surface area contributed by atoms with Crippen LogP contribution in [0.25, 0.3) is 0 Å². The minimum atomic E-state index is -0.277. The number of carbonyl (C=O) groups is 1. The average molecular weight is 353 g/mol. The molecule has 26 heavy (non-hydrogen) atoms. The van der Waals surface area contributed by atoms with E-state index in [1.54, 1.807) is 20.3 Å². The molecule has 2 aromatic carbocycles. The number of Topliss-reactive ketones (excluding diaryl/α,β-unsaturated/α-hetero) is 1. The molecule has 0 radical (unpaired) electrons. The summed E-state index contributed by atoms with van der Waals surface area (Å²) in [6, 6.07) is 10.5. The largest absolute Gasteiger partial charge is 0.493 e. The summed E-state index contributed by atoms with van der Waals surface area (Å²) in [5.74, 6) is 1.25. The highest BCUT2D eigenvalue weighted by Crippen LogP contribution is 2.41. The number of benzene rings is 2. The van der Waals surface area contributed by atoms with E-state index in [2.05, 4.69) is 5.32 Å². The zero-order valence-electron chi connectivity index (χ0n) is 14.8. The third-order valence-corrected chi connectivity index (χ3v) is 5.18. The van der Waals surface area contributed by atoms with Gasteiger partial charge in [-0.1, -0.05) is 6.07 Å². The highest BCUT2D eigenvalue weighted by atomic mass is 19.1. The predicted octanol–water partition coefficient (Wildman–Crippen LogP) is 4.21. The molecular weight excluding hydrogens is 333 g/mol. The molecule has 0 saturated heterocycles. The highest BCUT2D eigenvalue weighted by molar-refractivity contribution is 5.99. The van der Waals surface area contributed by atoms with Gasteiger partial charge < -0.3 is 14.8 Å². The van der Waals surface area contributed by atoms with Gasteiger partial charge in [-0.25, -0.2) is 4.39 Å². The van der Waals surface area contributed by atoms with E-state index in [9.17, 15) is 9.18 Å². The third-order valence-electron chi connectivity index (χ3n) is 5.18. The van der Waals surface area contributed by atoms with Crippen molar-refractivity contribution >= 4 is 11.5 Å². The van der Waals surface area contributed by atoms with E-state index in [4.69, 9.17) is 9.47 Å². The lowest BCUT2D eigenvalue weighted by molar-refractivity contribution is -0.116. The number of anilines is 1. The van der Waals surface area contributed by atoms with E-state index in [1.165, 1.54) is 12.1 Å². The first kappa shape index (κ1) is 16.6. The van der Waals surface area contributed by atoms with Gasteiger partial charge in [-0.05, 0) is 53.8 Å². The maximum atomic E-state index is 13.5. The highest BCUT2D eigenvalue weighted by Gasteiger charge is 2.32. The summed E-state index contributed by atoms with van der Waals surface area (Å²) < 4.78 is 24.2. The van der Waals surface area contributed by atoms with Crippen molar-refractivity contribution in [1.29, 1.82) is 0 Å². The summed E-state index contributed by atoms with van der Waals surface area (Å²) in [7, 11) is 3.21. The van der Waals surface area contributed by atoms with Crippen molar-refractivity contribution in [3.63, 3.8) is 0 Å². The standard InChI is InChI=1S/C21H20FNO3/c1-25-20-6-3-12(11-21(20)26-2)13-9-18-16(19(24)10-13)8-14-7-15(22)4-5-17(14)23-18/h3-7,11,13,23H,8-10H2,1-2H3. The van der Waals surface area contributed by atoms with Crippen molar-refractivity contribution in [1.82, 2.24) is 0 Å². The smallest absolute Gasteiger partial charge is 0.161 e. The molecule has 0 fully saturated rings. The Kier molecular flexibility index (Phi) is 4.15. The van der Waals surface area contributed by atoms with Crippen LogP contribution in [0, 0.1) is 5.82 Å². The molecule has 0 aromatic heterocycles. The minimum Gasteiger partial charge on any atom is -0.493 e. The number of methoxy groups -OCH3 is 2. The number of halogens is 1. The fraction of sp³-hybridized carbons (Fsp3) is 0.286. The minimum absolute atomic E-state index is 0.0792. The molecule has 0 spiro atoms. The molecule has 1 aliphatic carbocycles. The topological polar surface area (TPSA) is 47.6 Å². The number of allylic oxidation sites excluding steroid dienone is 2. The Bertz CT molecular complexity index is 919. The Morgan fingerprint density at radius 3 is 2.62 bits per heavy atom. The summed E-state index contributed by atoms with van der Waals surface area (Å²) in [4.78, 5) is 12.7. The lowest BCUT2D eigenvalue weighted by Crippen LogP contribution is -2.26. The molecule has 134 valence electrons. The van der Waals surface area contributed by atoms with Crippen LogP contribution in [0.15, 0.2) is 47.7 Å². The molecule has 0 bridgehead atoms. The van der Waals surface area contributed by atoms with Gasteiger partial charge in [0.2, 0.25) is 0 Å². The molecule has 4 nitrogen and oxygen atoms in total. The van der Waals surface area contributed by atoms with Crippen LogP contribution < -0.4 is 14.8 Å². The number of fused-ring (bicyclic) bond motifs is 1. The first-order valence-corrected chi connectivity index (χ1v) is 8.61. The maximum absolute atomic E-state index is 13.5. The Labute approximate surface area is 151 Å². The number of carbonyl (C=O) groups excluding carboxylic acids is 1. The Balaban J connectivity index is 1.64. The van der Waals surface area contributed by atoms with Crippen LogP contribution in [-0.4, -0.2) is 20.0 Å². The molecule has 1 aliphatic heterocycles.